The number of hydrogen-bond donors (Lipinski definition) is 9. The third-order valence-corrected chi connectivity index (χ3v) is 6.43. The summed E-state index contributed by atoms with van der Waals surface area (Å²) in [5.41, 5.74) is 11.5. The molecule has 0 aliphatic carbocycles. The van der Waals surface area contributed by atoms with Gasteiger partial charge in [-0.2, -0.15) is 0 Å². The minimum atomic E-state index is -1.61. The molecule has 0 spiro atoms. The summed E-state index contributed by atoms with van der Waals surface area (Å²) in [6.07, 6.45) is -3.18. The standard InChI is InChI=1S/C28H44N6O9/c1-14(2)12-19(25(39)34-23(16(4)36)27(41)31-18(28(42)43)10-11-21(29)37)32-24(38)20(13-17-8-6-5-7-9-17)33-26(40)22(30)15(3)35/h5-9,14-16,18-20,22-23,35-36H,10-13,30H2,1-4H3,(H2,29,37)(H,31,41)(H,32,38)(H,33,40)(H,34,39)(H,42,43)/t15-,16-,18+,19+,20+,22+,23+/m1/s1. The highest BCUT2D eigenvalue weighted by Crippen LogP contribution is 2.10. The van der Waals surface area contributed by atoms with Gasteiger partial charge < -0.3 is 48.1 Å². The summed E-state index contributed by atoms with van der Waals surface area (Å²) in [5, 5.41) is 39.0. The predicted octanol–water partition coefficient (Wildman–Crippen LogP) is -2.35. The summed E-state index contributed by atoms with van der Waals surface area (Å²) < 4.78 is 0. The van der Waals surface area contributed by atoms with Crippen LogP contribution < -0.4 is 32.7 Å². The molecular formula is C28H44N6O9. The smallest absolute Gasteiger partial charge is 0.326 e. The molecule has 0 heterocycles. The summed E-state index contributed by atoms with van der Waals surface area (Å²) in [4.78, 5) is 74.9. The molecule has 11 N–H and O–H groups in total. The predicted molar refractivity (Wildman–Crippen MR) is 155 cm³/mol. The molecule has 5 amide bonds. The van der Waals surface area contributed by atoms with Crippen LogP contribution in [0.2, 0.25) is 0 Å². The van der Waals surface area contributed by atoms with E-state index in [9.17, 15) is 44.1 Å². The van der Waals surface area contributed by atoms with Crippen molar-refractivity contribution in [2.24, 2.45) is 17.4 Å². The molecule has 0 unspecified atom stereocenters. The van der Waals surface area contributed by atoms with E-state index in [-0.39, 0.29) is 31.6 Å². The lowest BCUT2D eigenvalue weighted by Gasteiger charge is -2.28. The largest absolute Gasteiger partial charge is 0.480 e. The number of hydrogen-bond acceptors (Lipinski definition) is 9. The second-order valence-corrected chi connectivity index (χ2v) is 10.8. The van der Waals surface area contributed by atoms with Crippen molar-refractivity contribution in [2.75, 3.05) is 0 Å². The van der Waals surface area contributed by atoms with Crippen LogP contribution in [0, 0.1) is 5.92 Å². The van der Waals surface area contributed by atoms with Crippen LogP contribution in [0.5, 0.6) is 0 Å². The Morgan fingerprint density at radius 2 is 1.28 bits per heavy atom. The highest BCUT2D eigenvalue weighted by Gasteiger charge is 2.34. The van der Waals surface area contributed by atoms with Crippen LogP contribution in [0.1, 0.15) is 52.5 Å². The fourth-order valence-electron chi connectivity index (χ4n) is 3.99. The Morgan fingerprint density at radius 1 is 0.744 bits per heavy atom. The first-order valence-corrected chi connectivity index (χ1v) is 13.9. The van der Waals surface area contributed by atoms with E-state index in [1.54, 1.807) is 44.2 Å². The maximum Gasteiger partial charge on any atom is 0.326 e. The zero-order valence-corrected chi connectivity index (χ0v) is 24.8. The van der Waals surface area contributed by atoms with E-state index >= 15 is 0 Å². The average Bonchev–Trinajstić information content (AvgIpc) is 2.92. The SMILES string of the molecule is CC(C)C[C@H](NC(=O)[C@H](Cc1ccccc1)NC(=O)[C@@H](N)[C@@H](C)O)C(=O)N[C@H](C(=O)N[C@@H](CCC(N)=O)C(=O)O)[C@@H](C)O. The Hall–Kier alpha value is -4.08. The first-order valence-electron chi connectivity index (χ1n) is 13.9. The van der Waals surface area contributed by atoms with Gasteiger partial charge in [-0.05, 0) is 38.2 Å². The van der Waals surface area contributed by atoms with Crippen LogP contribution in [-0.2, 0) is 35.2 Å². The van der Waals surface area contributed by atoms with Gasteiger partial charge in [-0.25, -0.2) is 4.79 Å². The topological polar surface area (TPSA) is 263 Å². The van der Waals surface area contributed by atoms with Gasteiger partial charge in [0, 0.05) is 12.8 Å². The fourth-order valence-corrected chi connectivity index (χ4v) is 3.99. The number of nitrogens with two attached hydrogens (primary N) is 2. The molecule has 43 heavy (non-hydrogen) atoms. The Bertz CT molecular complexity index is 1110. The summed E-state index contributed by atoms with van der Waals surface area (Å²) in [7, 11) is 0. The van der Waals surface area contributed by atoms with Gasteiger partial charge in [-0.1, -0.05) is 44.2 Å². The van der Waals surface area contributed by atoms with Gasteiger partial charge in [0.2, 0.25) is 29.5 Å². The molecule has 0 aliphatic heterocycles. The summed E-state index contributed by atoms with van der Waals surface area (Å²) in [6.45, 7) is 6.10. The Morgan fingerprint density at radius 3 is 1.77 bits per heavy atom. The second kappa shape index (κ2) is 17.8. The van der Waals surface area contributed by atoms with E-state index in [0.717, 1.165) is 0 Å². The Kier molecular flexibility index (Phi) is 15.3. The maximum atomic E-state index is 13.4. The molecule has 240 valence electrons. The van der Waals surface area contributed by atoms with E-state index in [1.165, 1.54) is 13.8 Å². The normalized spacial score (nSPS) is 16.0. The fraction of sp³-hybridized carbons (Fsp3) is 0.571. The lowest BCUT2D eigenvalue weighted by molar-refractivity contribution is -0.143. The van der Waals surface area contributed by atoms with Crippen molar-refractivity contribution in [3.8, 4) is 0 Å². The van der Waals surface area contributed by atoms with Crippen molar-refractivity contribution in [3.63, 3.8) is 0 Å². The van der Waals surface area contributed by atoms with Crippen molar-refractivity contribution in [1.29, 1.82) is 0 Å². The van der Waals surface area contributed by atoms with Crippen molar-refractivity contribution < 1.29 is 44.1 Å². The molecule has 0 aromatic heterocycles. The average molecular weight is 609 g/mol. The first kappa shape index (κ1) is 36.9. The second-order valence-electron chi connectivity index (χ2n) is 10.8. The number of nitrogens with one attached hydrogen (secondary N) is 4. The number of rotatable bonds is 18. The molecule has 0 saturated carbocycles. The van der Waals surface area contributed by atoms with Gasteiger partial charge in [-0.3, -0.25) is 24.0 Å². The third-order valence-electron chi connectivity index (χ3n) is 6.43. The Labute approximate surface area is 250 Å². The highest BCUT2D eigenvalue weighted by atomic mass is 16.4. The van der Waals surface area contributed by atoms with E-state index in [2.05, 4.69) is 21.3 Å². The molecule has 0 bridgehead atoms. The molecule has 15 nitrogen and oxygen atoms in total. The number of benzene rings is 1. The number of aliphatic hydroxyl groups excluding tert-OH is 2. The van der Waals surface area contributed by atoms with Crippen molar-refractivity contribution in [3.05, 3.63) is 35.9 Å². The third kappa shape index (κ3) is 13.2. The van der Waals surface area contributed by atoms with Gasteiger partial charge in [0.25, 0.3) is 0 Å². The van der Waals surface area contributed by atoms with Gasteiger partial charge in [-0.15, -0.1) is 0 Å². The molecule has 1 aromatic rings. The van der Waals surface area contributed by atoms with Gasteiger partial charge in [0.15, 0.2) is 0 Å². The molecule has 0 radical (unpaired) electrons. The van der Waals surface area contributed by atoms with Crippen LogP contribution in [0.15, 0.2) is 30.3 Å². The van der Waals surface area contributed by atoms with E-state index in [4.69, 9.17) is 11.5 Å². The number of primary amides is 1. The van der Waals surface area contributed by atoms with Crippen molar-refractivity contribution >= 4 is 35.5 Å². The monoisotopic (exact) mass is 608 g/mol. The zero-order chi connectivity index (χ0) is 32.9. The lowest BCUT2D eigenvalue weighted by atomic mass is 10.00. The van der Waals surface area contributed by atoms with Crippen molar-refractivity contribution in [1.82, 2.24) is 21.3 Å². The number of carboxylic acid groups (broad SMARTS) is 1. The quantitative estimate of drug-likeness (QED) is 0.0857. The number of carbonyl (C=O) groups is 6. The molecule has 0 aliphatic rings. The number of carboxylic acids is 1. The number of carbonyl (C=O) groups excluding carboxylic acids is 5. The highest BCUT2D eigenvalue weighted by molar-refractivity contribution is 5.95. The molecule has 7 atom stereocenters. The number of aliphatic hydroxyl groups is 2. The first-order chi connectivity index (χ1) is 20.0. The molecule has 1 aromatic carbocycles. The molecule has 0 fully saturated rings. The van der Waals surface area contributed by atoms with Crippen LogP contribution in [0.25, 0.3) is 0 Å². The molecular weight excluding hydrogens is 564 g/mol. The van der Waals surface area contributed by atoms with E-state index < -0.39 is 77.9 Å². The van der Waals surface area contributed by atoms with Crippen LogP contribution in [0.4, 0.5) is 0 Å². The number of aliphatic carboxylic acids is 1. The minimum Gasteiger partial charge on any atom is -0.480 e. The Balaban J connectivity index is 3.17. The van der Waals surface area contributed by atoms with E-state index in [0.29, 0.717) is 5.56 Å². The molecule has 1 rings (SSSR count). The molecule has 15 heteroatoms. The van der Waals surface area contributed by atoms with E-state index in [1.807, 2.05) is 0 Å². The van der Waals surface area contributed by atoms with Crippen molar-refractivity contribution in [2.45, 2.75) is 95.8 Å². The lowest BCUT2D eigenvalue weighted by Crippen LogP contribution is -2.61. The summed E-state index contributed by atoms with van der Waals surface area (Å²) in [6, 6.07) is 1.86. The van der Waals surface area contributed by atoms with Gasteiger partial charge in [0.05, 0.1) is 12.2 Å². The minimum absolute atomic E-state index is 0.0293. The number of amides is 5. The van der Waals surface area contributed by atoms with Gasteiger partial charge >= 0.3 is 5.97 Å². The van der Waals surface area contributed by atoms with Crippen LogP contribution in [-0.4, -0.2) is 93.2 Å². The zero-order valence-electron chi connectivity index (χ0n) is 24.8. The summed E-state index contributed by atoms with van der Waals surface area (Å²) >= 11 is 0. The maximum absolute atomic E-state index is 13.4. The van der Waals surface area contributed by atoms with Crippen LogP contribution >= 0.6 is 0 Å². The van der Waals surface area contributed by atoms with Crippen LogP contribution in [0.3, 0.4) is 0 Å². The summed E-state index contributed by atoms with van der Waals surface area (Å²) in [5.74, 6) is -5.77. The molecule has 0 saturated heterocycles. The van der Waals surface area contributed by atoms with Gasteiger partial charge in [0.1, 0.15) is 30.2 Å².